The van der Waals surface area contributed by atoms with Crippen molar-refractivity contribution in [3.05, 3.63) is 318 Å². The Morgan fingerprint density at radius 1 is 0.221 bits per heavy atom. The van der Waals surface area contributed by atoms with Crippen LogP contribution < -0.4 is 5.46 Å². The van der Waals surface area contributed by atoms with Crippen molar-refractivity contribution in [2.24, 2.45) is 0 Å². The topological polar surface area (TPSA) is 40.5 Å². The lowest BCUT2D eigenvalue weighted by Gasteiger charge is -2.12. The third-order valence-corrected chi connectivity index (χ3v) is 18.6. The molecule has 0 saturated carbocycles. The Bertz CT molecular complexity index is 4400. The van der Waals surface area contributed by atoms with Crippen LogP contribution in [0.3, 0.4) is 0 Å². The summed E-state index contributed by atoms with van der Waals surface area (Å²) in [4.78, 5) is 0. The van der Waals surface area contributed by atoms with E-state index in [0.717, 1.165) is 31.2 Å². The molecule has 0 saturated heterocycles. The molecule has 2 heterocycles. The zero-order valence-corrected chi connectivity index (χ0v) is 50.8. The molecule has 0 spiro atoms. The minimum atomic E-state index is -1.48. The second-order valence-corrected chi connectivity index (χ2v) is 24.9. The molecule has 0 bridgehead atoms. The van der Waals surface area contributed by atoms with Gasteiger partial charge in [-0.25, -0.2) is 0 Å². The minimum absolute atomic E-state index is 0. The van der Waals surface area contributed by atoms with Crippen LogP contribution in [0.25, 0.3) is 129 Å². The molecule has 0 aliphatic rings. The molecule has 0 unspecified atom stereocenters. The van der Waals surface area contributed by atoms with E-state index in [2.05, 4.69) is 268 Å². The summed E-state index contributed by atoms with van der Waals surface area (Å²) in [6.07, 6.45) is 0. The minimum Gasteiger partial charge on any atom is -0.423 e. The summed E-state index contributed by atoms with van der Waals surface area (Å²) < 4.78 is 7.56. The second kappa shape index (κ2) is 26.3. The highest BCUT2D eigenvalue weighted by atomic mass is 79.9. The highest BCUT2D eigenvalue weighted by molar-refractivity contribution is 9.10. The van der Waals surface area contributed by atoms with Crippen LogP contribution in [0.15, 0.2) is 318 Å². The van der Waals surface area contributed by atoms with Gasteiger partial charge in [0.05, 0.1) is 0 Å². The zero-order chi connectivity index (χ0) is 57.6. The van der Waals surface area contributed by atoms with Crippen molar-refractivity contribution in [3.8, 4) is 89.0 Å². The van der Waals surface area contributed by atoms with Gasteiger partial charge in [-0.2, -0.15) is 0 Å². The lowest BCUT2D eigenvalue weighted by molar-refractivity contribution is 0.426. The standard InChI is InChI=1S/C48H32S.C18H15BO2.C12H6Br2S.BH4/c1-5-13-33(14-6-1)39-25-40(34-15-7-2-8-16-34)28-43(27-39)37-21-23-47-45(31-37)46-32-38(22-24-48(46)49-47)44-29-41(35-17-9-3-10-18-35)26-42(30-44)36-19-11-4-12-20-36;20-19(21)18-12-16(14-7-3-1-4-8-14)11-17(13-18)15-9-5-2-6-10-15;13-7-1-3-11-9(5-7)10-6-8(14)2-4-12(10)15-11;/h1-32H;1-13,20-21H;1-6H;1H4/q;;;-1. The smallest absolute Gasteiger partial charge is 0.423 e. The van der Waals surface area contributed by atoms with Gasteiger partial charge in [0, 0.05) is 49.3 Å². The first-order valence-electron chi connectivity index (χ1n) is 28.1. The second-order valence-electron chi connectivity index (χ2n) is 20.9. The van der Waals surface area contributed by atoms with Gasteiger partial charge < -0.3 is 10.0 Å². The fourth-order valence-electron chi connectivity index (χ4n) is 11.0. The third kappa shape index (κ3) is 12.9. The van der Waals surface area contributed by atoms with E-state index < -0.39 is 7.12 Å². The fourth-order valence-corrected chi connectivity index (χ4v) is 13.9. The van der Waals surface area contributed by atoms with Crippen LogP contribution in [-0.2, 0) is 0 Å². The maximum atomic E-state index is 9.52. The molecule has 414 valence electrons. The predicted octanol–water partition coefficient (Wildman–Crippen LogP) is 20.9. The molecule has 86 heavy (non-hydrogen) atoms. The van der Waals surface area contributed by atoms with Crippen LogP contribution in [0.4, 0.5) is 0 Å². The summed E-state index contributed by atoms with van der Waals surface area (Å²) in [5, 5.41) is 24.3. The molecule has 0 aliphatic carbocycles. The Balaban J connectivity index is 0.000000159. The van der Waals surface area contributed by atoms with E-state index in [4.69, 9.17) is 0 Å². The third-order valence-electron chi connectivity index (χ3n) is 15.3. The van der Waals surface area contributed by atoms with Crippen molar-refractivity contribution < 1.29 is 10.0 Å². The van der Waals surface area contributed by atoms with E-state index in [1.165, 1.54) is 107 Å². The monoisotopic (exact) mass is 1270 g/mol. The van der Waals surface area contributed by atoms with E-state index in [1.807, 2.05) is 95.5 Å². The van der Waals surface area contributed by atoms with E-state index in [-0.39, 0.29) is 8.41 Å². The van der Waals surface area contributed by atoms with Gasteiger partial charge in [-0.1, -0.05) is 247 Å². The van der Waals surface area contributed by atoms with Crippen molar-refractivity contribution in [2.75, 3.05) is 0 Å². The molecular formula is C78H57B2Br2O2S2-. The van der Waals surface area contributed by atoms with E-state index in [9.17, 15) is 10.0 Å². The zero-order valence-electron chi connectivity index (χ0n) is 46.0. The Labute approximate surface area is 529 Å². The Kier molecular flexibility index (Phi) is 17.6. The summed E-state index contributed by atoms with van der Waals surface area (Å²) in [5.41, 5.74) is 19.2. The maximum Gasteiger partial charge on any atom is 0.488 e. The number of thiophene rings is 2. The quantitative estimate of drug-likeness (QED) is 0.141. The Hall–Kier alpha value is -8.69. The number of fused-ring (bicyclic) bond motifs is 6. The van der Waals surface area contributed by atoms with Gasteiger partial charge in [-0.3, -0.25) is 0 Å². The molecule has 0 atom stereocenters. The van der Waals surface area contributed by atoms with Crippen molar-refractivity contribution in [2.45, 2.75) is 0 Å². The molecule has 15 aromatic rings. The van der Waals surface area contributed by atoms with Crippen LogP contribution in [0.1, 0.15) is 0 Å². The number of rotatable bonds is 9. The molecule has 2 nitrogen and oxygen atoms in total. The van der Waals surface area contributed by atoms with E-state index in [0.29, 0.717) is 5.46 Å². The largest absolute Gasteiger partial charge is 0.488 e. The van der Waals surface area contributed by atoms with Gasteiger partial charge in [-0.15, -0.1) is 22.7 Å². The van der Waals surface area contributed by atoms with Crippen molar-refractivity contribution in [1.82, 2.24) is 0 Å². The molecule has 8 heteroatoms. The lowest BCUT2D eigenvalue weighted by atomic mass is 9.77. The van der Waals surface area contributed by atoms with Crippen molar-refractivity contribution in [1.29, 1.82) is 0 Å². The van der Waals surface area contributed by atoms with E-state index in [1.54, 1.807) is 0 Å². The van der Waals surface area contributed by atoms with Crippen LogP contribution in [0.5, 0.6) is 0 Å². The van der Waals surface area contributed by atoms with Gasteiger partial charge in [-0.05, 0) is 198 Å². The molecule has 13 aromatic carbocycles. The molecule has 0 aliphatic heterocycles. The van der Waals surface area contributed by atoms with Gasteiger partial charge in [0.25, 0.3) is 0 Å². The number of hydrogen-bond donors (Lipinski definition) is 2. The van der Waals surface area contributed by atoms with E-state index >= 15 is 0 Å². The highest BCUT2D eigenvalue weighted by Gasteiger charge is 2.16. The molecule has 0 amide bonds. The summed E-state index contributed by atoms with van der Waals surface area (Å²) in [6.45, 7) is 0. The molecule has 0 radical (unpaired) electrons. The average molecular weight is 1270 g/mol. The normalized spacial score (nSPS) is 10.9. The lowest BCUT2D eigenvalue weighted by Crippen LogP contribution is -2.29. The molecule has 15 rings (SSSR count). The van der Waals surface area contributed by atoms with Gasteiger partial charge >= 0.3 is 7.12 Å². The van der Waals surface area contributed by atoms with Crippen LogP contribution >= 0.6 is 54.5 Å². The van der Waals surface area contributed by atoms with Crippen molar-refractivity contribution in [3.63, 3.8) is 0 Å². The Morgan fingerprint density at radius 3 is 0.698 bits per heavy atom. The number of benzene rings is 13. The molecule has 2 aromatic heterocycles. The van der Waals surface area contributed by atoms with Crippen LogP contribution in [-0.4, -0.2) is 25.6 Å². The maximum absolute atomic E-state index is 9.52. The Morgan fingerprint density at radius 2 is 0.442 bits per heavy atom. The highest BCUT2D eigenvalue weighted by Crippen LogP contribution is 2.42. The fraction of sp³-hybridized carbons (Fsp3) is 0. The van der Waals surface area contributed by atoms with Gasteiger partial charge in [0.2, 0.25) is 0 Å². The number of halogens is 2. The van der Waals surface area contributed by atoms with Gasteiger partial charge in [0.1, 0.15) is 0 Å². The predicted molar refractivity (Wildman–Crippen MR) is 385 cm³/mol. The summed E-state index contributed by atoms with van der Waals surface area (Å²) in [6, 6.07) is 109. The summed E-state index contributed by atoms with van der Waals surface area (Å²) in [7, 11) is -1.48. The molecule has 2 N–H and O–H groups in total. The number of hydrogen-bond acceptors (Lipinski definition) is 4. The van der Waals surface area contributed by atoms with Gasteiger partial charge in [0.15, 0.2) is 0 Å². The first kappa shape index (κ1) is 57.7. The molecular weight excluding hydrogens is 1210 g/mol. The van der Waals surface area contributed by atoms with Crippen LogP contribution in [0.2, 0.25) is 0 Å². The average Bonchev–Trinajstić information content (AvgIpc) is 3.03. The summed E-state index contributed by atoms with van der Waals surface area (Å²) in [5.74, 6) is 0. The molecule has 0 fully saturated rings. The van der Waals surface area contributed by atoms with Crippen LogP contribution in [0, 0.1) is 0 Å². The van der Waals surface area contributed by atoms with Crippen molar-refractivity contribution >= 4 is 116 Å². The first-order chi connectivity index (χ1) is 41.7. The SMILES string of the molecule is Brc1ccc2sc3ccc(Br)cc3c2c1.OB(O)c1cc(-c2ccccc2)cc(-c2ccccc2)c1.[BH4-].c1ccc(-c2cc(-c3ccccc3)cc(-c3ccc4sc5ccc(-c6cc(-c7ccccc7)cc(-c7ccccc7)c6)cc5c4c3)c2)cc1. The first-order valence-corrected chi connectivity index (χ1v) is 31.3. The summed E-state index contributed by atoms with van der Waals surface area (Å²) >= 11 is 10.7.